The molecule has 3 rings (SSSR count). The Kier molecular flexibility index (Phi) is 5.15. The first-order valence-corrected chi connectivity index (χ1v) is 8.72. The number of H-pyrrole nitrogens is 1. The molecule has 0 atom stereocenters. The number of halogens is 1. The number of aliphatic imine (C=N–C) groups is 1. The van der Waals surface area contributed by atoms with E-state index in [1.54, 1.807) is 30.5 Å². The van der Waals surface area contributed by atoms with E-state index < -0.39 is 0 Å². The second-order valence-electron chi connectivity index (χ2n) is 5.62. The van der Waals surface area contributed by atoms with E-state index in [-0.39, 0.29) is 5.82 Å². The van der Waals surface area contributed by atoms with Gasteiger partial charge in [0.25, 0.3) is 0 Å². The first kappa shape index (κ1) is 16.5. The van der Waals surface area contributed by atoms with Crippen LogP contribution in [0.5, 0.6) is 0 Å². The largest absolute Gasteiger partial charge is 0.361 e. The van der Waals surface area contributed by atoms with Crippen molar-refractivity contribution in [2.45, 2.75) is 19.9 Å². The Morgan fingerprint density at radius 2 is 2.12 bits per heavy atom. The minimum absolute atomic E-state index is 0.208. The quantitative estimate of drug-likeness (QED) is 0.489. The van der Waals surface area contributed by atoms with Crippen LogP contribution in [0.4, 0.5) is 4.39 Å². The van der Waals surface area contributed by atoms with E-state index in [9.17, 15) is 4.39 Å². The number of hydrogen-bond acceptors (Lipinski definition) is 2. The molecule has 2 heterocycles. The summed E-state index contributed by atoms with van der Waals surface area (Å²) in [7, 11) is 1.76. The van der Waals surface area contributed by atoms with Crippen molar-refractivity contribution in [2.75, 3.05) is 13.6 Å². The summed E-state index contributed by atoms with van der Waals surface area (Å²) in [6.45, 7) is 3.59. The molecule has 4 nitrogen and oxygen atoms in total. The first-order valence-electron chi connectivity index (χ1n) is 7.91. The number of guanidine groups is 1. The van der Waals surface area contributed by atoms with E-state index in [4.69, 9.17) is 0 Å². The van der Waals surface area contributed by atoms with Gasteiger partial charge in [-0.25, -0.2) is 4.39 Å². The van der Waals surface area contributed by atoms with Crippen molar-refractivity contribution in [3.63, 3.8) is 0 Å². The van der Waals surface area contributed by atoms with Crippen LogP contribution in [0.3, 0.4) is 0 Å². The second kappa shape index (κ2) is 7.49. The molecule has 0 radical (unpaired) electrons. The summed E-state index contributed by atoms with van der Waals surface area (Å²) in [5.41, 5.74) is 2.06. The number of benzene rings is 1. The van der Waals surface area contributed by atoms with Gasteiger partial charge in [0.1, 0.15) is 5.82 Å². The van der Waals surface area contributed by atoms with Gasteiger partial charge in [-0.3, -0.25) is 4.99 Å². The number of aromatic nitrogens is 1. The lowest BCUT2D eigenvalue weighted by Crippen LogP contribution is -2.37. The lowest BCUT2D eigenvalue weighted by atomic mass is 10.1. The average molecular weight is 344 g/mol. The van der Waals surface area contributed by atoms with Gasteiger partial charge in [-0.1, -0.05) is 0 Å². The lowest BCUT2D eigenvalue weighted by Gasteiger charge is -2.11. The number of fused-ring (bicyclic) bond motifs is 1. The molecule has 0 bridgehead atoms. The minimum atomic E-state index is -0.208. The summed E-state index contributed by atoms with van der Waals surface area (Å²) in [4.78, 5) is 10.0. The SMILES string of the molecule is CN=C(NCCc1c[nH]c2ccc(F)cc12)NCc1ccc(C)s1. The molecule has 0 spiro atoms. The predicted octanol–water partition coefficient (Wildman–Crippen LogP) is 3.58. The van der Waals surface area contributed by atoms with E-state index in [1.807, 2.05) is 6.20 Å². The monoisotopic (exact) mass is 344 g/mol. The summed E-state index contributed by atoms with van der Waals surface area (Å²) >= 11 is 1.78. The fourth-order valence-corrected chi connectivity index (χ4v) is 3.47. The highest BCUT2D eigenvalue weighted by molar-refractivity contribution is 7.11. The Morgan fingerprint density at radius 1 is 1.25 bits per heavy atom. The molecule has 3 aromatic rings. The number of nitrogens with one attached hydrogen (secondary N) is 3. The molecule has 0 aliphatic carbocycles. The Balaban J connectivity index is 1.53. The van der Waals surface area contributed by atoms with E-state index in [0.29, 0.717) is 0 Å². The van der Waals surface area contributed by atoms with Gasteiger partial charge in [0, 0.05) is 40.4 Å². The number of aryl methyl sites for hydroxylation is 1. The van der Waals surface area contributed by atoms with Crippen molar-refractivity contribution in [1.29, 1.82) is 0 Å². The molecule has 0 aliphatic heterocycles. The standard InChI is InChI=1S/C18H21FN4S/c1-12-3-5-15(24-12)11-23-18(20-2)21-8-7-13-10-22-17-6-4-14(19)9-16(13)17/h3-6,9-10,22H,7-8,11H2,1-2H3,(H2,20,21,23). The third-order valence-electron chi connectivity index (χ3n) is 3.87. The second-order valence-corrected chi connectivity index (χ2v) is 6.99. The molecule has 2 aromatic heterocycles. The smallest absolute Gasteiger partial charge is 0.191 e. The number of hydrogen-bond donors (Lipinski definition) is 3. The molecule has 24 heavy (non-hydrogen) atoms. The van der Waals surface area contributed by atoms with Crippen molar-refractivity contribution in [2.24, 2.45) is 4.99 Å². The Morgan fingerprint density at radius 3 is 2.88 bits per heavy atom. The lowest BCUT2D eigenvalue weighted by molar-refractivity contribution is 0.629. The summed E-state index contributed by atoms with van der Waals surface area (Å²) in [5, 5.41) is 7.55. The summed E-state index contributed by atoms with van der Waals surface area (Å²) < 4.78 is 13.4. The average Bonchev–Trinajstić information content (AvgIpc) is 3.17. The predicted molar refractivity (Wildman–Crippen MR) is 99.2 cm³/mol. The molecule has 0 saturated heterocycles. The summed E-state index contributed by atoms with van der Waals surface area (Å²) in [5.74, 6) is 0.562. The van der Waals surface area contributed by atoms with Crippen LogP contribution in [0.2, 0.25) is 0 Å². The molecule has 0 aliphatic rings. The maximum absolute atomic E-state index is 13.4. The van der Waals surface area contributed by atoms with Gasteiger partial charge in [-0.15, -0.1) is 11.3 Å². The van der Waals surface area contributed by atoms with Gasteiger partial charge in [0.15, 0.2) is 5.96 Å². The van der Waals surface area contributed by atoms with Gasteiger partial charge in [0.05, 0.1) is 6.54 Å². The van der Waals surface area contributed by atoms with Gasteiger partial charge in [-0.05, 0) is 49.2 Å². The van der Waals surface area contributed by atoms with Crippen LogP contribution in [-0.4, -0.2) is 24.5 Å². The maximum Gasteiger partial charge on any atom is 0.191 e. The third-order valence-corrected chi connectivity index (χ3v) is 4.87. The number of thiophene rings is 1. The minimum Gasteiger partial charge on any atom is -0.361 e. The van der Waals surface area contributed by atoms with Crippen LogP contribution in [0.15, 0.2) is 41.5 Å². The molecular formula is C18H21FN4S. The van der Waals surface area contributed by atoms with Crippen LogP contribution in [0.1, 0.15) is 15.3 Å². The molecule has 6 heteroatoms. The first-order chi connectivity index (χ1) is 11.7. The number of rotatable bonds is 5. The Labute approximate surface area is 144 Å². The molecule has 1 aromatic carbocycles. The highest BCUT2D eigenvalue weighted by atomic mass is 32.1. The zero-order valence-corrected chi connectivity index (χ0v) is 14.6. The normalized spacial score (nSPS) is 11.9. The van der Waals surface area contributed by atoms with Crippen molar-refractivity contribution in [3.05, 3.63) is 57.7 Å². The van der Waals surface area contributed by atoms with Crippen molar-refractivity contribution < 1.29 is 4.39 Å². The molecular weight excluding hydrogens is 323 g/mol. The molecule has 126 valence electrons. The van der Waals surface area contributed by atoms with E-state index in [0.717, 1.165) is 41.9 Å². The number of nitrogens with zero attached hydrogens (tertiary/aromatic N) is 1. The number of aromatic amines is 1. The Bertz CT molecular complexity index is 850. The van der Waals surface area contributed by atoms with Crippen LogP contribution >= 0.6 is 11.3 Å². The van der Waals surface area contributed by atoms with Crippen LogP contribution in [0.25, 0.3) is 10.9 Å². The van der Waals surface area contributed by atoms with E-state index in [1.165, 1.54) is 15.8 Å². The highest BCUT2D eigenvalue weighted by Crippen LogP contribution is 2.19. The van der Waals surface area contributed by atoms with Gasteiger partial charge >= 0.3 is 0 Å². The molecule has 0 fully saturated rings. The fourth-order valence-electron chi connectivity index (χ4n) is 2.64. The molecule has 0 unspecified atom stereocenters. The topological polar surface area (TPSA) is 52.2 Å². The Hall–Kier alpha value is -2.34. The van der Waals surface area contributed by atoms with Gasteiger partial charge in [-0.2, -0.15) is 0 Å². The van der Waals surface area contributed by atoms with Gasteiger partial charge in [0.2, 0.25) is 0 Å². The zero-order chi connectivity index (χ0) is 16.9. The fraction of sp³-hybridized carbons (Fsp3) is 0.278. The van der Waals surface area contributed by atoms with Gasteiger partial charge < -0.3 is 15.6 Å². The van der Waals surface area contributed by atoms with E-state index in [2.05, 4.69) is 39.7 Å². The summed E-state index contributed by atoms with van der Waals surface area (Å²) in [6, 6.07) is 9.06. The third kappa shape index (κ3) is 3.94. The van der Waals surface area contributed by atoms with E-state index >= 15 is 0 Å². The highest BCUT2D eigenvalue weighted by Gasteiger charge is 2.06. The summed E-state index contributed by atoms with van der Waals surface area (Å²) in [6.07, 6.45) is 2.73. The molecule has 0 saturated carbocycles. The van der Waals surface area contributed by atoms with Crippen molar-refractivity contribution >= 4 is 28.2 Å². The van der Waals surface area contributed by atoms with Crippen LogP contribution in [0, 0.1) is 12.7 Å². The van der Waals surface area contributed by atoms with Crippen molar-refractivity contribution in [1.82, 2.24) is 15.6 Å². The molecule has 0 amide bonds. The maximum atomic E-state index is 13.4. The van der Waals surface area contributed by atoms with Crippen LogP contribution < -0.4 is 10.6 Å². The zero-order valence-electron chi connectivity index (χ0n) is 13.8. The molecule has 3 N–H and O–H groups in total. The van der Waals surface area contributed by atoms with Crippen molar-refractivity contribution in [3.8, 4) is 0 Å². The van der Waals surface area contributed by atoms with Crippen LogP contribution in [-0.2, 0) is 13.0 Å².